The molecule has 0 saturated carbocycles. The molecule has 0 aliphatic carbocycles. The molecule has 9 heteroatoms. The van der Waals surface area contributed by atoms with E-state index in [0.29, 0.717) is 0 Å². The SMILES string of the molecule is Nc1nc(Br)cc(C(F)F)c1S(N)(=O)=O. The molecule has 0 aliphatic rings. The van der Waals surface area contributed by atoms with Crippen molar-refractivity contribution >= 4 is 31.8 Å². The van der Waals surface area contributed by atoms with Gasteiger partial charge in [0.15, 0.2) is 0 Å². The lowest BCUT2D eigenvalue weighted by Gasteiger charge is -2.09. The third-order valence-corrected chi connectivity index (χ3v) is 2.94. The minimum absolute atomic E-state index is 0.0164. The number of nitrogens with two attached hydrogens (primary N) is 2. The van der Waals surface area contributed by atoms with Gasteiger partial charge >= 0.3 is 0 Å². The third-order valence-electron chi connectivity index (χ3n) is 1.52. The number of rotatable bonds is 2. The van der Waals surface area contributed by atoms with Crippen molar-refractivity contribution in [1.82, 2.24) is 4.98 Å². The molecule has 0 bridgehead atoms. The van der Waals surface area contributed by atoms with Gasteiger partial charge in [-0.3, -0.25) is 0 Å². The zero-order chi connectivity index (χ0) is 11.8. The van der Waals surface area contributed by atoms with Gasteiger partial charge in [-0.05, 0) is 22.0 Å². The number of pyridine rings is 1. The molecule has 0 aliphatic heterocycles. The van der Waals surface area contributed by atoms with Crippen molar-refractivity contribution in [2.45, 2.75) is 11.3 Å². The monoisotopic (exact) mass is 301 g/mol. The maximum Gasteiger partial charge on any atom is 0.265 e. The Hall–Kier alpha value is -0.800. The molecule has 0 unspecified atom stereocenters. The van der Waals surface area contributed by atoms with Gasteiger partial charge in [-0.2, -0.15) is 0 Å². The van der Waals surface area contributed by atoms with Gasteiger partial charge in [0.25, 0.3) is 6.43 Å². The fourth-order valence-electron chi connectivity index (χ4n) is 1.01. The molecule has 0 amide bonds. The van der Waals surface area contributed by atoms with E-state index in [0.717, 1.165) is 6.07 Å². The summed E-state index contributed by atoms with van der Waals surface area (Å²) in [6.45, 7) is 0. The van der Waals surface area contributed by atoms with Crippen LogP contribution in [0.15, 0.2) is 15.6 Å². The smallest absolute Gasteiger partial charge is 0.265 e. The molecule has 1 heterocycles. The van der Waals surface area contributed by atoms with Crippen molar-refractivity contribution in [2.75, 3.05) is 5.73 Å². The Kier molecular flexibility index (Phi) is 3.26. The lowest BCUT2D eigenvalue weighted by atomic mass is 10.3. The quantitative estimate of drug-likeness (QED) is 0.796. The van der Waals surface area contributed by atoms with Gasteiger partial charge in [-0.25, -0.2) is 27.3 Å². The van der Waals surface area contributed by atoms with Gasteiger partial charge in [0, 0.05) is 5.56 Å². The van der Waals surface area contributed by atoms with Gasteiger partial charge in [0.1, 0.15) is 15.3 Å². The fourth-order valence-corrected chi connectivity index (χ4v) is 2.26. The molecular formula is C6H6BrF2N3O2S. The molecule has 0 fully saturated rings. The molecule has 0 spiro atoms. The average molecular weight is 302 g/mol. The van der Waals surface area contributed by atoms with E-state index in [4.69, 9.17) is 10.9 Å². The van der Waals surface area contributed by atoms with Gasteiger partial charge in [0.2, 0.25) is 10.0 Å². The summed E-state index contributed by atoms with van der Waals surface area (Å²) in [7, 11) is -4.31. The van der Waals surface area contributed by atoms with Crippen molar-refractivity contribution < 1.29 is 17.2 Å². The van der Waals surface area contributed by atoms with Gasteiger partial charge in [0.05, 0.1) is 0 Å². The van der Waals surface area contributed by atoms with Crippen LogP contribution < -0.4 is 10.9 Å². The third kappa shape index (κ3) is 2.61. The van der Waals surface area contributed by atoms with Gasteiger partial charge < -0.3 is 5.73 Å². The molecule has 15 heavy (non-hydrogen) atoms. The number of aromatic nitrogens is 1. The molecule has 1 aromatic heterocycles. The molecular weight excluding hydrogens is 296 g/mol. The molecule has 0 radical (unpaired) electrons. The van der Waals surface area contributed by atoms with Crippen LogP contribution in [-0.4, -0.2) is 13.4 Å². The first kappa shape index (κ1) is 12.3. The van der Waals surface area contributed by atoms with Crippen LogP contribution in [0.4, 0.5) is 14.6 Å². The summed E-state index contributed by atoms with van der Waals surface area (Å²) < 4.78 is 47.0. The normalized spacial score (nSPS) is 12.1. The number of hydrogen-bond acceptors (Lipinski definition) is 4. The second-order valence-corrected chi connectivity index (χ2v) is 4.91. The number of hydrogen-bond donors (Lipinski definition) is 2. The zero-order valence-electron chi connectivity index (χ0n) is 7.12. The summed E-state index contributed by atoms with van der Waals surface area (Å²) in [5, 5.41) is 4.75. The molecule has 1 rings (SSSR count). The number of alkyl halides is 2. The van der Waals surface area contributed by atoms with Crippen LogP contribution in [0.5, 0.6) is 0 Å². The Bertz CT molecular complexity index is 491. The molecule has 0 saturated heterocycles. The van der Waals surface area contributed by atoms with E-state index in [9.17, 15) is 17.2 Å². The first-order chi connectivity index (χ1) is 6.73. The van der Waals surface area contributed by atoms with Crippen LogP contribution in [0, 0.1) is 0 Å². The average Bonchev–Trinajstić information content (AvgIpc) is 1.99. The predicted octanol–water partition coefficient (Wildman–Crippen LogP) is 1.01. The largest absolute Gasteiger partial charge is 0.383 e. The van der Waals surface area contributed by atoms with Gasteiger partial charge in [-0.1, -0.05) is 0 Å². The van der Waals surface area contributed by atoms with Crippen molar-refractivity contribution in [3.8, 4) is 0 Å². The Morgan fingerprint density at radius 2 is 2.00 bits per heavy atom. The topological polar surface area (TPSA) is 99.1 Å². The first-order valence-electron chi connectivity index (χ1n) is 3.50. The van der Waals surface area contributed by atoms with Gasteiger partial charge in [-0.15, -0.1) is 0 Å². The highest BCUT2D eigenvalue weighted by Crippen LogP contribution is 2.31. The summed E-state index contributed by atoms with van der Waals surface area (Å²) in [5.41, 5.74) is 4.45. The fraction of sp³-hybridized carbons (Fsp3) is 0.167. The van der Waals surface area contributed by atoms with E-state index in [-0.39, 0.29) is 4.60 Å². The summed E-state index contributed by atoms with van der Waals surface area (Å²) in [6, 6.07) is 0.862. The van der Waals surface area contributed by atoms with Crippen molar-refractivity contribution in [1.29, 1.82) is 0 Å². The van der Waals surface area contributed by atoms with E-state index in [1.54, 1.807) is 0 Å². The first-order valence-corrected chi connectivity index (χ1v) is 5.84. The van der Waals surface area contributed by atoms with Crippen LogP contribution in [0.2, 0.25) is 0 Å². The van der Waals surface area contributed by atoms with Crippen LogP contribution >= 0.6 is 15.9 Å². The maximum absolute atomic E-state index is 12.5. The number of sulfonamides is 1. The summed E-state index contributed by atoms with van der Waals surface area (Å²) in [5.74, 6) is -0.554. The van der Waals surface area contributed by atoms with E-state index >= 15 is 0 Å². The van der Waals surface area contributed by atoms with Crippen molar-refractivity contribution in [2.24, 2.45) is 5.14 Å². The Morgan fingerprint density at radius 3 is 2.40 bits per heavy atom. The number of anilines is 1. The van der Waals surface area contributed by atoms with Crippen LogP contribution in [0.3, 0.4) is 0 Å². The standard InChI is InChI=1S/C6H6BrF2N3O2S/c7-3-1-2(5(8)9)4(6(10)12-3)15(11,13)14/h1,5H,(H2,10,12)(H2,11,13,14). The second-order valence-electron chi connectivity index (χ2n) is 2.59. The molecule has 0 atom stereocenters. The summed E-state index contributed by atoms with van der Waals surface area (Å²) in [6.07, 6.45) is -3.00. The van der Waals surface area contributed by atoms with E-state index in [1.165, 1.54) is 0 Å². The Morgan fingerprint density at radius 1 is 1.47 bits per heavy atom. The molecule has 0 aromatic carbocycles. The predicted molar refractivity (Wildman–Crippen MR) is 52.7 cm³/mol. The number of halogens is 3. The molecule has 4 N–H and O–H groups in total. The molecule has 5 nitrogen and oxygen atoms in total. The number of nitrogens with zero attached hydrogens (tertiary/aromatic N) is 1. The summed E-state index contributed by atoms with van der Waals surface area (Å²) >= 11 is 2.82. The molecule has 84 valence electrons. The van der Waals surface area contributed by atoms with E-state index < -0.39 is 32.7 Å². The highest BCUT2D eigenvalue weighted by molar-refractivity contribution is 9.10. The minimum atomic E-state index is -4.31. The van der Waals surface area contributed by atoms with Crippen LogP contribution in [0.25, 0.3) is 0 Å². The summed E-state index contributed by atoms with van der Waals surface area (Å²) in [4.78, 5) is 2.65. The zero-order valence-corrected chi connectivity index (χ0v) is 9.52. The van der Waals surface area contributed by atoms with Crippen molar-refractivity contribution in [3.63, 3.8) is 0 Å². The van der Waals surface area contributed by atoms with Crippen LogP contribution in [0.1, 0.15) is 12.0 Å². The molecule has 1 aromatic rings. The highest BCUT2D eigenvalue weighted by Gasteiger charge is 2.25. The van der Waals surface area contributed by atoms with E-state index in [1.807, 2.05) is 0 Å². The second kappa shape index (κ2) is 3.99. The van der Waals surface area contributed by atoms with Crippen molar-refractivity contribution in [3.05, 3.63) is 16.2 Å². The highest BCUT2D eigenvalue weighted by atomic mass is 79.9. The Labute approximate surface area is 92.7 Å². The number of nitrogen functional groups attached to an aromatic ring is 1. The van der Waals surface area contributed by atoms with E-state index in [2.05, 4.69) is 20.9 Å². The lowest BCUT2D eigenvalue weighted by molar-refractivity contribution is 0.148. The number of primary sulfonamides is 1. The maximum atomic E-state index is 12.5. The lowest BCUT2D eigenvalue weighted by Crippen LogP contribution is -2.18. The van der Waals surface area contributed by atoms with Crippen LogP contribution in [-0.2, 0) is 10.0 Å². The minimum Gasteiger partial charge on any atom is -0.383 e. The Balaban J connectivity index is 3.62.